The van der Waals surface area contributed by atoms with Gasteiger partial charge < -0.3 is 15.1 Å². The summed E-state index contributed by atoms with van der Waals surface area (Å²) in [6.07, 6.45) is 5.93. The van der Waals surface area contributed by atoms with Gasteiger partial charge in [-0.2, -0.15) is 0 Å². The van der Waals surface area contributed by atoms with Crippen molar-refractivity contribution in [1.82, 2.24) is 10.6 Å². The highest BCUT2D eigenvalue weighted by Crippen LogP contribution is 2.18. The average Bonchev–Trinajstić information content (AvgIpc) is 2.77. The van der Waals surface area contributed by atoms with E-state index in [0.717, 1.165) is 24.4 Å². The van der Waals surface area contributed by atoms with Gasteiger partial charge in [0.15, 0.2) is 0 Å². The molecule has 1 aliphatic carbocycles. The van der Waals surface area contributed by atoms with Gasteiger partial charge in [-0.15, -0.1) is 0 Å². The third-order valence-corrected chi connectivity index (χ3v) is 3.48. The SMILES string of the molecule is Cc1ccc(C(C)NC(=O)NC2CCCCC2)o1. The zero-order chi connectivity index (χ0) is 13.0. The summed E-state index contributed by atoms with van der Waals surface area (Å²) >= 11 is 0. The Morgan fingerprint density at radius 1 is 1.33 bits per heavy atom. The van der Waals surface area contributed by atoms with Crippen LogP contribution in [0.15, 0.2) is 16.5 Å². The number of furan rings is 1. The van der Waals surface area contributed by atoms with Crippen LogP contribution in [0.2, 0.25) is 0 Å². The molecule has 1 heterocycles. The monoisotopic (exact) mass is 250 g/mol. The Hall–Kier alpha value is -1.45. The van der Waals surface area contributed by atoms with Crippen molar-refractivity contribution < 1.29 is 9.21 Å². The minimum atomic E-state index is -0.0951. The Labute approximate surface area is 108 Å². The second-order valence-electron chi connectivity index (χ2n) is 5.12. The number of nitrogens with one attached hydrogen (secondary N) is 2. The molecule has 2 N–H and O–H groups in total. The lowest BCUT2D eigenvalue weighted by Gasteiger charge is -2.23. The normalized spacial score (nSPS) is 18.3. The Kier molecular flexibility index (Phi) is 4.28. The quantitative estimate of drug-likeness (QED) is 0.865. The third-order valence-electron chi connectivity index (χ3n) is 3.48. The van der Waals surface area contributed by atoms with Crippen LogP contribution in [0.3, 0.4) is 0 Å². The topological polar surface area (TPSA) is 54.3 Å². The molecule has 18 heavy (non-hydrogen) atoms. The minimum absolute atomic E-state index is 0.0940. The fourth-order valence-electron chi connectivity index (χ4n) is 2.43. The molecule has 1 fully saturated rings. The van der Waals surface area contributed by atoms with Crippen molar-refractivity contribution in [1.29, 1.82) is 0 Å². The number of aryl methyl sites for hydroxylation is 1. The molecule has 4 nitrogen and oxygen atoms in total. The molecule has 2 amide bonds. The van der Waals surface area contributed by atoms with Gasteiger partial charge in [0, 0.05) is 6.04 Å². The lowest BCUT2D eigenvalue weighted by Crippen LogP contribution is -2.43. The first-order chi connectivity index (χ1) is 8.65. The molecule has 0 spiro atoms. The maximum absolute atomic E-state index is 11.8. The lowest BCUT2D eigenvalue weighted by molar-refractivity contribution is 0.228. The number of urea groups is 1. The summed E-state index contributed by atoms with van der Waals surface area (Å²) in [6.45, 7) is 3.83. The van der Waals surface area contributed by atoms with Gasteiger partial charge in [0.05, 0.1) is 6.04 Å². The van der Waals surface area contributed by atoms with Crippen LogP contribution in [0.4, 0.5) is 4.79 Å². The van der Waals surface area contributed by atoms with Crippen LogP contribution in [-0.2, 0) is 0 Å². The van der Waals surface area contributed by atoms with Crippen molar-refractivity contribution in [2.24, 2.45) is 0 Å². The summed E-state index contributed by atoms with van der Waals surface area (Å²) in [7, 11) is 0. The molecule has 0 saturated heterocycles. The molecule has 2 rings (SSSR count). The van der Waals surface area contributed by atoms with E-state index in [0.29, 0.717) is 6.04 Å². The first kappa shape index (κ1) is 13.0. The van der Waals surface area contributed by atoms with E-state index < -0.39 is 0 Å². The second-order valence-corrected chi connectivity index (χ2v) is 5.12. The Bertz CT molecular complexity index is 394. The second kappa shape index (κ2) is 5.94. The van der Waals surface area contributed by atoms with Gasteiger partial charge in [-0.1, -0.05) is 19.3 Å². The van der Waals surface area contributed by atoms with Crippen molar-refractivity contribution in [3.05, 3.63) is 23.7 Å². The van der Waals surface area contributed by atoms with E-state index in [1.165, 1.54) is 19.3 Å². The van der Waals surface area contributed by atoms with Crippen LogP contribution in [0.5, 0.6) is 0 Å². The van der Waals surface area contributed by atoms with Crippen LogP contribution < -0.4 is 10.6 Å². The van der Waals surface area contributed by atoms with Gasteiger partial charge in [0.2, 0.25) is 0 Å². The molecular formula is C14H22N2O2. The Morgan fingerprint density at radius 3 is 2.67 bits per heavy atom. The third kappa shape index (κ3) is 3.52. The summed E-state index contributed by atoms with van der Waals surface area (Å²) in [5.74, 6) is 1.66. The van der Waals surface area contributed by atoms with Gasteiger partial charge in [0.1, 0.15) is 11.5 Å². The molecule has 4 heteroatoms. The lowest BCUT2D eigenvalue weighted by atomic mass is 9.96. The van der Waals surface area contributed by atoms with Crippen molar-refractivity contribution in [3.8, 4) is 0 Å². The number of hydrogen-bond donors (Lipinski definition) is 2. The number of carbonyl (C=O) groups excluding carboxylic acids is 1. The molecule has 0 aliphatic heterocycles. The van der Waals surface area contributed by atoms with Crippen molar-refractivity contribution in [2.75, 3.05) is 0 Å². The summed E-state index contributed by atoms with van der Waals surface area (Å²) in [6, 6.07) is 3.96. The first-order valence-corrected chi connectivity index (χ1v) is 6.78. The predicted octanol–water partition coefficient (Wildman–Crippen LogP) is 3.28. The smallest absolute Gasteiger partial charge is 0.315 e. The van der Waals surface area contributed by atoms with E-state index in [2.05, 4.69) is 10.6 Å². The molecule has 1 saturated carbocycles. The molecule has 1 aromatic heterocycles. The van der Waals surface area contributed by atoms with Crippen LogP contribution in [-0.4, -0.2) is 12.1 Å². The number of carbonyl (C=O) groups is 1. The number of hydrogen-bond acceptors (Lipinski definition) is 2. The highest BCUT2D eigenvalue weighted by atomic mass is 16.3. The maximum Gasteiger partial charge on any atom is 0.315 e. The minimum Gasteiger partial charge on any atom is -0.464 e. The van der Waals surface area contributed by atoms with Gasteiger partial charge in [-0.05, 0) is 38.8 Å². The van der Waals surface area contributed by atoms with E-state index in [1.807, 2.05) is 26.0 Å². The van der Waals surface area contributed by atoms with E-state index in [9.17, 15) is 4.79 Å². The van der Waals surface area contributed by atoms with Crippen molar-refractivity contribution >= 4 is 6.03 Å². The number of rotatable bonds is 3. The largest absolute Gasteiger partial charge is 0.464 e. The highest BCUT2D eigenvalue weighted by molar-refractivity contribution is 5.74. The molecular weight excluding hydrogens is 228 g/mol. The van der Waals surface area contributed by atoms with Crippen LogP contribution >= 0.6 is 0 Å². The van der Waals surface area contributed by atoms with E-state index in [-0.39, 0.29) is 12.1 Å². The predicted molar refractivity (Wildman–Crippen MR) is 70.4 cm³/mol. The standard InChI is InChI=1S/C14H22N2O2/c1-10-8-9-13(18-10)11(2)15-14(17)16-12-6-4-3-5-7-12/h8-9,11-12H,3-7H2,1-2H3,(H2,15,16,17). The van der Waals surface area contributed by atoms with Crippen LogP contribution in [0, 0.1) is 6.92 Å². The van der Waals surface area contributed by atoms with Gasteiger partial charge in [-0.25, -0.2) is 4.79 Å². The Morgan fingerprint density at radius 2 is 2.06 bits per heavy atom. The van der Waals surface area contributed by atoms with Crippen molar-refractivity contribution in [3.63, 3.8) is 0 Å². The maximum atomic E-state index is 11.8. The zero-order valence-corrected chi connectivity index (χ0v) is 11.2. The summed E-state index contributed by atoms with van der Waals surface area (Å²) < 4.78 is 5.49. The summed E-state index contributed by atoms with van der Waals surface area (Å²) in [5, 5.41) is 5.95. The molecule has 1 unspecified atom stereocenters. The highest BCUT2D eigenvalue weighted by Gasteiger charge is 2.17. The van der Waals surface area contributed by atoms with Crippen LogP contribution in [0.25, 0.3) is 0 Å². The van der Waals surface area contributed by atoms with Gasteiger partial charge >= 0.3 is 6.03 Å². The fourth-order valence-corrected chi connectivity index (χ4v) is 2.43. The fraction of sp³-hybridized carbons (Fsp3) is 0.643. The van der Waals surface area contributed by atoms with Gasteiger partial charge in [0.25, 0.3) is 0 Å². The molecule has 0 bridgehead atoms. The first-order valence-electron chi connectivity index (χ1n) is 6.78. The Balaban J connectivity index is 1.79. The molecule has 0 aromatic carbocycles. The molecule has 100 valence electrons. The van der Waals surface area contributed by atoms with E-state index in [1.54, 1.807) is 0 Å². The summed E-state index contributed by atoms with van der Waals surface area (Å²) in [5.41, 5.74) is 0. The van der Waals surface area contributed by atoms with E-state index in [4.69, 9.17) is 4.42 Å². The molecule has 1 atom stereocenters. The summed E-state index contributed by atoms with van der Waals surface area (Å²) in [4.78, 5) is 11.8. The zero-order valence-electron chi connectivity index (χ0n) is 11.2. The average molecular weight is 250 g/mol. The van der Waals surface area contributed by atoms with Crippen molar-refractivity contribution in [2.45, 2.75) is 58.0 Å². The number of amides is 2. The van der Waals surface area contributed by atoms with E-state index >= 15 is 0 Å². The molecule has 0 radical (unpaired) electrons. The molecule has 1 aromatic rings. The molecule has 1 aliphatic rings. The van der Waals surface area contributed by atoms with Crippen LogP contribution in [0.1, 0.15) is 56.6 Å². The van der Waals surface area contributed by atoms with Gasteiger partial charge in [-0.3, -0.25) is 0 Å².